The van der Waals surface area contributed by atoms with Crippen molar-refractivity contribution < 1.29 is 44.9 Å². The Morgan fingerprint density at radius 3 is 1.28 bits per heavy atom. The summed E-state index contributed by atoms with van der Waals surface area (Å²) in [5.41, 5.74) is 0. The van der Waals surface area contributed by atoms with Crippen LogP contribution in [0.15, 0.2) is 0 Å². The Hall–Kier alpha value is -0.850. The molecule has 0 bridgehead atoms. The third kappa shape index (κ3) is 28.6. The highest BCUT2D eigenvalue weighted by atomic mass is 16.7. The Kier molecular flexibility index (Phi) is 37.1. The fraction of sp³-hybridized carbons (Fsp3) is 0.979. The number of aliphatic hydroxyl groups is 6. The van der Waals surface area contributed by atoms with Crippen LogP contribution in [0.25, 0.3) is 0 Å². The number of carbonyl (C=O) groups is 1. The van der Waals surface area contributed by atoms with Gasteiger partial charge in [0.25, 0.3) is 0 Å². The van der Waals surface area contributed by atoms with E-state index in [1.165, 1.54) is 173 Å². The number of nitrogens with one attached hydrogen (secondary N) is 1. The molecule has 0 aromatic heterocycles. The lowest BCUT2D eigenvalue weighted by molar-refractivity contribution is -0.303. The second kappa shape index (κ2) is 39.0. The van der Waals surface area contributed by atoms with Crippen molar-refractivity contribution in [1.82, 2.24) is 5.32 Å². The van der Waals surface area contributed by atoms with E-state index in [4.69, 9.17) is 9.47 Å². The van der Waals surface area contributed by atoms with Crippen LogP contribution in [0.4, 0.5) is 0 Å². The minimum Gasteiger partial charge on any atom is -0.394 e. The van der Waals surface area contributed by atoms with Gasteiger partial charge in [0.15, 0.2) is 6.29 Å². The van der Waals surface area contributed by atoms with Gasteiger partial charge in [-0.05, 0) is 12.8 Å². The Morgan fingerprint density at radius 2 is 0.897 bits per heavy atom. The zero-order valence-electron chi connectivity index (χ0n) is 37.7. The highest BCUT2D eigenvalue weighted by molar-refractivity contribution is 5.76. The van der Waals surface area contributed by atoms with E-state index >= 15 is 0 Å². The van der Waals surface area contributed by atoms with Gasteiger partial charge >= 0.3 is 0 Å². The van der Waals surface area contributed by atoms with Gasteiger partial charge in [0.1, 0.15) is 30.5 Å². The van der Waals surface area contributed by atoms with Crippen LogP contribution in [0.5, 0.6) is 0 Å². The Labute approximate surface area is 356 Å². The van der Waals surface area contributed by atoms with E-state index in [2.05, 4.69) is 19.2 Å². The maximum atomic E-state index is 13.0. The molecule has 5 unspecified atom stereocenters. The Balaban J connectivity index is 2.30. The molecule has 58 heavy (non-hydrogen) atoms. The molecular formula is C48H95NO9. The van der Waals surface area contributed by atoms with Crippen LogP contribution in [0.2, 0.25) is 0 Å². The van der Waals surface area contributed by atoms with Gasteiger partial charge in [0.05, 0.1) is 25.4 Å². The average Bonchev–Trinajstić information content (AvgIpc) is 3.22. The number of carbonyl (C=O) groups excluding carboxylic acids is 1. The second-order valence-corrected chi connectivity index (χ2v) is 17.8. The molecule has 1 fully saturated rings. The number of ether oxygens (including phenoxy) is 2. The Morgan fingerprint density at radius 1 is 0.534 bits per heavy atom. The molecule has 1 heterocycles. The Bertz CT molecular complexity index is 895. The van der Waals surface area contributed by atoms with Crippen LogP contribution in [0, 0.1) is 0 Å². The maximum absolute atomic E-state index is 13.0. The molecule has 0 saturated carbocycles. The monoisotopic (exact) mass is 830 g/mol. The SMILES string of the molecule is CCCCCCCCCCCCCCCCCCCCCCCC(=O)N[C@@H](COC1OC(CO)C(O)C(O)C1O)[C@H](O)[C@H](O)CCCCCCCCCCCCCC. The zero-order valence-corrected chi connectivity index (χ0v) is 37.7. The van der Waals surface area contributed by atoms with E-state index < -0.39 is 55.6 Å². The lowest BCUT2D eigenvalue weighted by atomic mass is 9.98. The summed E-state index contributed by atoms with van der Waals surface area (Å²) in [6.45, 7) is 3.62. The third-order valence-electron chi connectivity index (χ3n) is 12.3. The van der Waals surface area contributed by atoms with Gasteiger partial charge in [0, 0.05) is 6.42 Å². The molecule has 10 heteroatoms. The van der Waals surface area contributed by atoms with Crippen LogP contribution in [-0.2, 0) is 14.3 Å². The van der Waals surface area contributed by atoms with Gasteiger partial charge < -0.3 is 45.4 Å². The van der Waals surface area contributed by atoms with E-state index in [1.54, 1.807) is 0 Å². The molecule has 0 radical (unpaired) electrons. The number of hydrogen-bond acceptors (Lipinski definition) is 9. The van der Waals surface area contributed by atoms with Crippen LogP contribution in [0.1, 0.15) is 239 Å². The zero-order chi connectivity index (χ0) is 42.5. The summed E-state index contributed by atoms with van der Waals surface area (Å²) in [6.07, 6.45) is 32.6. The van der Waals surface area contributed by atoms with Gasteiger partial charge in [-0.15, -0.1) is 0 Å². The molecule has 0 aliphatic carbocycles. The lowest BCUT2D eigenvalue weighted by Crippen LogP contribution is -2.60. The van der Waals surface area contributed by atoms with Crippen molar-refractivity contribution in [1.29, 1.82) is 0 Å². The first kappa shape index (κ1) is 55.2. The highest BCUT2D eigenvalue weighted by Gasteiger charge is 2.44. The predicted molar refractivity (Wildman–Crippen MR) is 237 cm³/mol. The van der Waals surface area contributed by atoms with Gasteiger partial charge in [-0.25, -0.2) is 0 Å². The van der Waals surface area contributed by atoms with Crippen molar-refractivity contribution in [3.63, 3.8) is 0 Å². The fourth-order valence-corrected chi connectivity index (χ4v) is 8.26. The molecule has 10 nitrogen and oxygen atoms in total. The van der Waals surface area contributed by atoms with Gasteiger partial charge in [-0.3, -0.25) is 4.79 Å². The quantitative estimate of drug-likeness (QED) is 0.0296. The summed E-state index contributed by atoms with van der Waals surface area (Å²) >= 11 is 0. The van der Waals surface area contributed by atoms with Gasteiger partial charge in [-0.1, -0.05) is 219 Å². The van der Waals surface area contributed by atoms with Crippen LogP contribution < -0.4 is 5.32 Å². The summed E-state index contributed by atoms with van der Waals surface area (Å²) in [4.78, 5) is 13.0. The van der Waals surface area contributed by atoms with E-state index in [0.717, 1.165) is 38.5 Å². The van der Waals surface area contributed by atoms with Crippen molar-refractivity contribution in [2.24, 2.45) is 0 Å². The predicted octanol–water partition coefficient (Wildman–Crippen LogP) is 9.70. The molecule has 1 saturated heterocycles. The lowest BCUT2D eigenvalue weighted by Gasteiger charge is -2.40. The minimum absolute atomic E-state index is 0.253. The smallest absolute Gasteiger partial charge is 0.220 e. The molecule has 0 aromatic rings. The first-order chi connectivity index (χ1) is 28.3. The van der Waals surface area contributed by atoms with E-state index in [1.807, 2.05) is 0 Å². The first-order valence-electron chi connectivity index (χ1n) is 24.8. The summed E-state index contributed by atoms with van der Waals surface area (Å²) in [5, 5.41) is 65.2. The number of aliphatic hydroxyl groups excluding tert-OH is 6. The van der Waals surface area contributed by atoms with Crippen LogP contribution in [0.3, 0.4) is 0 Å². The first-order valence-corrected chi connectivity index (χ1v) is 24.8. The van der Waals surface area contributed by atoms with E-state index in [9.17, 15) is 35.4 Å². The summed E-state index contributed by atoms with van der Waals surface area (Å²) in [6, 6.07) is -0.984. The van der Waals surface area contributed by atoms with Crippen molar-refractivity contribution in [2.45, 2.75) is 288 Å². The number of rotatable bonds is 42. The van der Waals surface area contributed by atoms with Crippen LogP contribution in [-0.4, -0.2) is 98.7 Å². The normalized spacial score (nSPS) is 21.3. The molecular weight excluding hydrogens is 735 g/mol. The maximum Gasteiger partial charge on any atom is 0.220 e. The van der Waals surface area contributed by atoms with Crippen molar-refractivity contribution in [3.8, 4) is 0 Å². The molecule has 8 atom stereocenters. The van der Waals surface area contributed by atoms with Crippen molar-refractivity contribution >= 4 is 5.91 Å². The number of amides is 1. The second-order valence-electron chi connectivity index (χ2n) is 17.8. The topological polar surface area (TPSA) is 169 Å². The molecule has 1 aliphatic rings. The van der Waals surface area contributed by atoms with E-state index in [0.29, 0.717) is 6.42 Å². The molecule has 346 valence electrons. The van der Waals surface area contributed by atoms with E-state index in [-0.39, 0.29) is 18.9 Å². The summed E-state index contributed by atoms with van der Waals surface area (Å²) < 4.78 is 11.2. The average molecular weight is 830 g/mol. The largest absolute Gasteiger partial charge is 0.394 e. The van der Waals surface area contributed by atoms with Crippen LogP contribution >= 0.6 is 0 Å². The van der Waals surface area contributed by atoms with Gasteiger partial charge in [0.2, 0.25) is 5.91 Å². The van der Waals surface area contributed by atoms with Gasteiger partial charge in [-0.2, -0.15) is 0 Å². The number of hydrogen-bond donors (Lipinski definition) is 7. The minimum atomic E-state index is -1.60. The molecule has 0 spiro atoms. The molecule has 7 N–H and O–H groups in total. The third-order valence-corrected chi connectivity index (χ3v) is 12.3. The molecule has 0 aromatic carbocycles. The molecule has 1 aliphatic heterocycles. The fourth-order valence-electron chi connectivity index (χ4n) is 8.26. The molecule has 1 rings (SSSR count). The van der Waals surface area contributed by atoms with Crippen molar-refractivity contribution in [2.75, 3.05) is 13.2 Å². The standard InChI is InChI=1S/C48H95NO9/c1-3-5-7-9-11-13-15-17-18-19-20-21-22-23-24-25-27-29-31-33-35-37-43(52)49-40(39-57-48-47(56)46(55)45(54)42(38-50)58-48)44(53)41(51)36-34-32-30-28-26-16-14-12-10-8-6-4-2/h40-42,44-48,50-51,53-56H,3-39H2,1-2H3,(H,49,52)/t40-,41+,42?,44-,45?,46?,47?,48?/m0/s1. The molecule has 1 amide bonds. The summed E-state index contributed by atoms with van der Waals surface area (Å²) in [5.74, 6) is -0.253. The summed E-state index contributed by atoms with van der Waals surface area (Å²) in [7, 11) is 0. The highest BCUT2D eigenvalue weighted by Crippen LogP contribution is 2.23. The number of unbranched alkanes of at least 4 members (excludes halogenated alkanes) is 31. The van der Waals surface area contributed by atoms with Crippen molar-refractivity contribution in [3.05, 3.63) is 0 Å².